The molecule has 43 heavy (non-hydrogen) atoms. The summed E-state index contributed by atoms with van der Waals surface area (Å²) >= 11 is 0. The number of allylic oxidation sites excluding steroid dienone is 1. The molecular formula is C33H48N6O3S. The number of hydrogen-bond donors (Lipinski definition) is 3. The first kappa shape index (κ1) is 31.6. The number of piperidine rings is 1. The number of nitrogens with zero attached hydrogens (tertiary/aromatic N) is 3. The first-order valence-corrected chi connectivity index (χ1v) is 17.2. The minimum absolute atomic E-state index is 0.00277. The molecule has 4 aliphatic heterocycles. The predicted octanol–water partition coefficient (Wildman–Crippen LogP) is 3.86. The molecule has 1 aromatic rings. The molecule has 9 nitrogen and oxygen atoms in total. The highest BCUT2D eigenvalue weighted by Gasteiger charge is 2.30. The van der Waals surface area contributed by atoms with E-state index in [2.05, 4.69) is 52.6 Å². The number of dihydropyridines is 1. The third kappa shape index (κ3) is 7.83. The van der Waals surface area contributed by atoms with Crippen LogP contribution in [0.1, 0.15) is 81.6 Å². The van der Waals surface area contributed by atoms with E-state index in [4.69, 9.17) is 15.5 Å². The second-order valence-electron chi connectivity index (χ2n) is 12.5. The van der Waals surface area contributed by atoms with E-state index in [9.17, 15) is 9.00 Å². The van der Waals surface area contributed by atoms with Gasteiger partial charge in [0.25, 0.3) is 5.91 Å². The number of hydrogen-bond acceptors (Lipinski definition) is 6. The summed E-state index contributed by atoms with van der Waals surface area (Å²) in [5, 5.41) is 6.79. The van der Waals surface area contributed by atoms with Gasteiger partial charge in [-0.1, -0.05) is 25.1 Å². The number of aliphatic imine (C=N–C) groups is 2. The van der Waals surface area contributed by atoms with Crippen LogP contribution < -0.4 is 16.4 Å². The molecule has 1 aromatic carbocycles. The van der Waals surface area contributed by atoms with E-state index in [0.717, 1.165) is 80.4 Å². The number of ether oxygens (including phenoxy) is 1. The number of rotatable bonds is 8. The van der Waals surface area contributed by atoms with Crippen molar-refractivity contribution in [2.75, 3.05) is 38.6 Å². The van der Waals surface area contributed by atoms with E-state index < -0.39 is 10.8 Å². The molecule has 2 saturated heterocycles. The van der Waals surface area contributed by atoms with Gasteiger partial charge in [-0.2, -0.15) is 0 Å². The Labute approximate surface area is 259 Å². The van der Waals surface area contributed by atoms with Crippen molar-refractivity contribution in [3.05, 3.63) is 57.6 Å². The van der Waals surface area contributed by atoms with Gasteiger partial charge >= 0.3 is 0 Å². The van der Waals surface area contributed by atoms with Crippen molar-refractivity contribution < 1.29 is 13.7 Å². The van der Waals surface area contributed by atoms with Gasteiger partial charge in [0.2, 0.25) is 0 Å². The summed E-state index contributed by atoms with van der Waals surface area (Å²) in [6.45, 7) is 12.3. The van der Waals surface area contributed by atoms with Crippen molar-refractivity contribution in [3.8, 4) is 0 Å². The van der Waals surface area contributed by atoms with Crippen LogP contribution in [0.2, 0.25) is 0 Å². The minimum atomic E-state index is -1.02. The molecule has 0 saturated carbocycles. The minimum Gasteiger partial charge on any atom is -0.381 e. The summed E-state index contributed by atoms with van der Waals surface area (Å²) in [4.78, 5) is 25.4. The SMILES string of the molecule is CC1=NCC(C)C=C1C(C)NC(=O)c1ccc(C2CCN(C(N)=NC3=C(C(C)NC4CCOCC4)S(=O)CC3)CC2)cc1. The van der Waals surface area contributed by atoms with E-state index in [1.807, 2.05) is 26.0 Å². The molecule has 4 atom stereocenters. The summed E-state index contributed by atoms with van der Waals surface area (Å²) < 4.78 is 18.4. The van der Waals surface area contributed by atoms with E-state index in [0.29, 0.717) is 41.6 Å². The van der Waals surface area contributed by atoms with E-state index in [-0.39, 0.29) is 18.0 Å². The average Bonchev–Trinajstić information content (AvgIpc) is 3.38. The number of carbonyl (C=O) groups excluding carboxylic acids is 1. The fourth-order valence-electron chi connectivity index (χ4n) is 6.63. The molecule has 0 bridgehead atoms. The molecule has 4 aliphatic rings. The second kappa shape index (κ2) is 14.3. The zero-order valence-electron chi connectivity index (χ0n) is 26.1. The van der Waals surface area contributed by atoms with Crippen molar-refractivity contribution in [1.29, 1.82) is 0 Å². The van der Waals surface area contributed by atoms with Crippen LogP contribution in [-0.4, -0.2) is 83.4 Å². The molecule has 4 heterocycles. The first-order chi connectivity index (χ1) is 20.7. The van der Waals surface area contributed by atoms with Crippen LogP contribution in [0.15, 0.2) is 56.5 Å². The topological polar surface area (TPSA) is 121 Å². The van der Waals surface area contributed by atoms with Gasteiger partial charge in [0.05, 0.1) is 27.4 Å². The Kier molecular flexibility index (Phi) is 10.5. The van der Waals surface area contributed by atoms with E-state index in [1.54, 1.807) is 0 Å². The van der Waals surface area contributed by atoms with Gasteiger partial charge in [-0.25, -0.2) is 4.99 Å². The lowest BCUT2D eigenvalue weighted by Crippen LogP contribution is -2.43. The Bertz CT molecular complexity index is 1310. The molecule has 0 aromatic heterocycles. The van der Waals surface area contributed by atoms with Gasteiger partial charge in [-0.15, -0.1) is 0 Å². The third-order valence-electron chi connectivity index (χ3n) is 9.18. The van der Waals surface area contributed by atoms with Crippen LogP contribution in [0.3, 0.4) is 0 Å². The lowest BCUT2D eigenvalue weighted by atomic mass is 9.89. The summed E-state index contributed by atoms with van der Waals surface area (Å²) in [6.07, 6.45) is 6.79. The molecule has 4 unspecified atom stereocenters. The Balaban J connectivity index is 1.15. The first-order valence-electron chi connectivity index (χ1n) is 15.9. The molecule has 2 fully saturated rings. The lowest BCUT2D eigenvalue weighted by Gasteiger charge is -2.33. The van der Waals surface area contributed by atoms with Crippen LogP contribution >= 0.6 is 0 Å². The second-order valence-corrected chi connectivity index (χ2v) is 14.0. The quantitative estimate of drug-likeness (QED) is 0.305. The van der Waals surface area contributed by atoms with Gasteiger partial charge in [0.1, 0.15) is 0 Å². The van der Waals surface area contributed by atoms with Gasteiger partial charge in [0.15, 0.2) is 5.96 Å². The summed E-state index contributed by atoms with van der Waals surface area (Å²) in [6, 6.07) is 8.34. The monoisotopic (exact) mass is 608 g/mol. The highest BCUT2D eigenvalue weighted by molar-refractivity contribution is 7.89. The fraction of sp³-hybridized carbons (Fsp3) is 0.606. The molecule has 4 N–H and O–H groups in total. The maximum Gasteiger partial charge on any atom is 0.251 e. The summed E-state index contributed by atoms with van der Waals surface area (Å²) in [7, 11) is -1.02. The predicted molar refractivity (Wildman–Crippen MR) is 175 cm³/mol. The van der Waals surface area contributed by atoms with Crippen LogP contribution in [0.5, 0.6) is 0 Å². The summed E-state index contributed by atoms with van der Waals surface area (Å²) in [5.74, 6) is 1.86. The van der Waals surface area contributed by atoms with Gasteiger partial charge in [-0.05, 0) is 81.6 Å². The zero-order chi connectivity index (χ0) is 30.5. The molecule has 0 radical (unpaired) electrons. The van der Waals surface area contributed by atoms with Gasteiger partial charge < -0.3 is 26.0 Å². The number of benzene rings is 1. The Hall–Kier alpha value is -2.82. The van der Waals surface area contributed by atoms with Crippen molar-refractivity contribution in [3.63, 3.8) is 0 Å². The third-order valence-corrected chi connectivity index (χ3v) is 10.8. The molecule has 5 rings (SSSR count). The van der Waals surface area contributed by atoms with E-state index in [1.165, 1.54) is 5.56 Å². The molecule has 0 aliphatic carbocycles. The number of likely N-dealkylation sites (tertiary alicyclic amines) is 1. The fourth-order valence-corrected chi connectivity index (χ4v) is 8.10. The van der Waals surface area contributed by atoms with Crippen molar-refractivity contribution in [1.82, 2.24) is 15.5 Å². The number of nitrogens with one attached hydrogen (secondary N) is 2. The highest BCUT2D eigenvalue weighted by Crippen LogP contribution is 2.30. The molecular weight excluding hydrogens is 560 g/mol. The molecule has 0 spiro atoms. The molecule has 234 valence electrons. The maximum absolute atomic E-state index is 13.0. The molecule has 1 amide bonds. The summed E-state index contributed by atoms with van der Waals surface area (Å²) in [5.41, 5.74) is 11.4. The highest BCUT2D eigenvalue weighted by atomic mass is 32.2. The van der Waals surface area contributed by atoms with Crippen LogP contribution in [0.25, 0.3) is 0 Å². The van der Waals surface area contributed by atoms with Crippen molar-refractivity contribution >= 4 is 28.4 Å². The number of carbonyl (C=O) groups is 1. The van der Waals surface area contributed by atoms with Crippen LogP contribution in [0.4, 0.5) is 0 Å². The smallest absolute Gasteiger partial charge is 0.251 e. The van der Waals surface area contributed by atoms with Crippen LogP contribution in [0, 0.1) is 5.92 Å². The van der Waals surface area contributed by atoms with Crippen molar-refractivity contribution in [2.24, 2.45) is 21.6 Å². The van der Waals surface area contributed by atoms with Gasteiger partial charge in [-0.3, -0.25) is 14.0 Å². The van der Waals surface area contributed by atoms with Crippen LogP contribution in [-0.2, 0) is 15.5 Å². The number of amides is 1. The number of guanidine groups is 1. The Morgan fingerprint density at radius 2 is 1.81 bits per heavy atom. The normalized spacial score (nSPS) is 25.8. The maximum atomic E-state index is 13.0. The Morgan fingerprint density at radius 1 is 1.12 bits per heavy atom. The average molecular weight is 609 g/mol. The van der Waals surface area contributed by atoms with Gasteiger partial charge in [0, 0.05) is 68.4 Å². The lowest BCUT2D eigenvalue weighted by molar-refractivity contribution is 0.0766. The number of nitrogens with two attached hydrogens (primary N) is 1. The van der Waals surface area contributed by atoms with E-state index >= 15 is 0 Å². The molecule has 10 heteroatoms. The largest absolute Gasteiger partial charge is 0.381 e. The Morgan fingerprint density at radius 3 is 2.51 bits per heavy atom. The standard InChI is InChI=1S/C33H48N6O3S/c1-21-19-29(22(2)35-20-21)23(3)37-32(40)27-7-5-25(6-8-27)26-9-14-39(15-10-26)33(34)38-30-13-18-43(41)31(30)24(4)36-28-11-16-42-17-12-28/h5-8,19,21,23-24,26,28,36H,9-18,20H2,1-4H3,(H2,34,38)(H,37,40). The van der Waals surface area contributed by atoms with Crippen molar-refractivity contribution in [2.45, 2.75) is 83.8 Å². The zero-order valence-corrected chi connectivity index (χ0v) is 26.9.